The Morgan fingerprint density at radius 3 is 2.58 bits per heavy atom. The van der Waals surface area contributed by atoms with Gasteiger partial charge in [0.1, 0.15) is 11.6 Å². The summed E-state index contributed by atoms with van der Waals surface area (Å²) in [7, 11) is 0. The van der Waals surface area contributed by atoms with E-state index < -0.39 is 0 Å². The Hall–Kier alpha value is -2.97. The number of halogens is 1. The van der Waals surface area contributed by atoms with Gasteiger partial charge in [0.05, 0.1) is 11.8 Å². The second kappa shape index (κ2) is 9.89. The van der Waals surface area contributed by atoms with Crippen molar-refractivity contribution in [2.24, 2.45) is 0 Å². The van der Waals surface area contributed by atoms with Gasteiger partial charge in [-0.05, 0) is 48.2 Å². The van der Waals surface area contributed by atoms with Gasteiger partial charge in [-0.25, -0.2) is 4.39 Å². The summed E-state index contributed by atoms with van der Waals surface area (Å²) in [5, 5.41) is 14.3. The highest BCUT2D eigenvalue weighted by Crippen LogP contribution is 2.24. The third-order valence-corrected chi connectivity index (χ3v) is 6.65. The normalized spacial score (nSPS) is 11.9. The number of nitrogens with one attached hydrogen (secondary N) is 1. The topological polar surface area (TPSA) is 59.8 Å². The molecule has 0 fully saturated rings. The van der Waals surface area contributed by atoms with Crippen LogP contribution < -0.4 is 5.32 Å². The van der Waals surface area contributed by atoms with Gasteiger partial charge in [0.25, 0.3) is 0 Å². The molecule has 31 heavy (non-hydrogen) atoms. The molecule has 2 aromatic carbocycles. The molecule has 8 heteroatoms. The van der Waals surface area contributed by atoms with E-state index in [9.17, 15) is 9.18 Å². The molecule has 4 aromatic rings. The molecule has 4 rings (SSSR count). The number of thioether (sulfide) groups is 1. The molecule has 1 atom stereocenters. The van der Waals surface area contributed by atoms with E-state index in [1.165, 1.54) is 23.9 Å². The van der Waals surface area contributed by atoms with Crippen molar-refractivity contribution in [2.75, 3.05) is 5.75 Å². The zero-order chi connectivity index (χ0) is 21.6. The van der Waals surface area contributed by atoms with Crippen molar-refractivity contribution in [1.82, 2.24) is 20.1 Å². The number of hydrogen-bond donors (Lipinski definition) is 1. The summed E-state index contributed by atoms with van der Waals surface area (Å²) in [5.74, 6) is 0.551. The maximum absolute atomic E-state index is 13.5. The number of carbonyl (C=O) groups excluding carboxylic acids is 1. The minimum Gasteiger partial charge on any atom is -0.348 e. The minimum atomic E-state index is -0.308. The van der Waals surface area contributed by atoms with E-state index in [1.807, 2.05) is 59.3 Å². The van der Waals surface area contributed by atoms with E-state index in [0.717, 1.165) is 22.0 Å². The van der Waals surface area contributed by atoms with Crippen LogP contribution in [0, 0.1) is 5.82 Å². The summed E-state index contributed by atoms with van der Waals surface area (Å²) in [6, 6.07) is 20.1. The zero-order valence-corrected chi connectivity index (χ0v) is 18.5. The Morgan fingerprint density at radius 1 is 1.10 bits per heavy atom. The summed E-state index contributed by atoms with van der Waals surface area (Å²) < 4.78 is 15.4. The average Bonchev–Trinajstić information content (AvgIpc) is 3.44. The molecule has 0 spiro atoms. The van der Waals surface area contributed by atoms with Gasteiger partial charge in [0.2, 0.25) is 5.91 Å². The highest BCUT2D eigenvalue weighted by atomic mass is 32.2. The van der Waals surface area contributed by atoms with Crippen LogP contribution in [0.3, 0.4) is 0 Å². The molecule has 2 heterocycles. The number of hydrogen-bond acceptors (Lipinski definition) is 5. The van der Waals surface area contributed by atoms with Crippen LogP contribution in [0.5, 0.6) is 0 Å². The monoisotopic (exact) mass is 452 g/mol. The van der Waals surface area contributed by atoms with Crippen molar-refractivity contribution < 1.29 is 9.18 Å². The maximum atomic E-state index is 13.5. The number of thiophene rings is 1. The first-order valence-corrected chi connectivity index (χ1v) is 11.7. The van der Waals surface area contributed by atoms with Crippen LogP contribution in [0.15, 0.2) is 77.3 Å². The predicted octanol–water partition coefficient (Wildman–Crippen LogP) is 5.03. The number of amides is 1. The molecule has 2 aromatic heterocycles. The molecule has 0 bridgehead atoms. The van der Waals surface area contributed by atoms with E-state index in [-0.39, 0.29) is 23.5 Å². The number of rotatable bonds is 8. The van der Waals surface area contributed by atoms with E-state index in [4.69, 9.17) is 0 Å². The summed E-state index contributed by atoms with van der Waals surface area (Å²) >= 11 is 2.93. The van der Waals surface area contributed by atoms with Gasteiger partial charge in [0, 0.05) is 17.0 Å². The van der Waals surface area contributed by atoms with Crippen LogP contribution in [0.25, 0.3) is 5.69 Å². The van der Waals surface area contributed by atoms with E-state index in [2.05, 4.69) is 15.5 Å². The number of nitrogens with zero attached hydrogens (tertiary/aromatic N) is 3. The summed E-state index contributed by atoms with van der Waals surface area (Å²) in [5.41, 5.74) is 1.85. The van der Waals surface area contributed by atoms with Crippen molar-refractivity contribution in [3.05, 3.63) is 94.2 Å². The van der Waals surface area contributed by atoms with E-state index in [0.29, 0.717) is 11.6 Å². The van der Waals surface area contributed by atoms with Crippen LogP contribution in [0.1, 0.15) is 29.2 Å². The Labute approximate surface area is 188 Å². The van der Waals surface area contributed by atoms with Crippen LogP contribution in [0.4, 0.5) is 4.39 Å². The fraction of sp³-hybridized carbons (Fsp3) is 0.174. The van der Waals surface area contributed by atoms with Gasteiger partial charge in [-0.15, -0.1) is 21.5 Å². The van der Waals surface area contributed by atoms with Gasteiger partial charge in [0.15, 0.2) is 5.16 Å². The molecular weight excluding hydrogens is 431 g/mol. The lowest BCUT2D eigenvalue weighted by Gasteiger charge is -2.13. The van der Waals surface area contributed by atoms with Gasteiger partial charge < -0.3 is 5.32 Å². The van der Waals surface area contributed by atoms with Crippen molar-refractivity contribution in [3.8, 4) is 5.69 Å². The quantitative estimate of drug-likeness (QED) is 0.381. The van der Waals surface area contributed by atoms with E-state index >= 15 is 0 Å². The van der Waals surface area contributed by atoms with Gasteiger partial charge in [-0.1, -0.05) is 48.2 Å². The fourth-order valence-corrected chi connectivity index (χ4v) is 4.67. The molecule has 5 nitrogen and oxygen atoms in total. The number of benzene rings is 2. The van der Waals surface area contributed by atoms with Gasteiger partial charge >= 0.3 is 0 Å². The molecule has 0 unspecified atom stereocenters. The Balaban J connectivity index is 1.52. The second-order valence-corrected chi connectivity index (χ2v) is 8.89. The largest absolute Gasteiger partial charge is 0.348 e. The lowest BCUT2D eigenvalue weighted by molar-refractivity contribution is -0.119. The van der Waals surface area contributed by atoms with Gasteiger partial charge in [-0.2, -0.15) is 0 Å². The molecule has 0 saturated carbocycles. The lowest BCUT2D eigenvalue weighted by atomic mass is 10.1. The van der Waals surface area contributed by atoms with Crippen molar-refractivity contribution >= 4 is 29.0 Å². The number of carbonyl (C=O) groups is 1. The first-order valence-electron chi connectivity index (χ1n) is 9.80. The van der Waals surface area contributed by atoms with Gasteiger partial charge in [-0.3, -0.25) is 9.36 Å². The molecular formula is C23H21FN4OS2. The Kier molecular flexibility index (Phi) is 6.79. The zero-order valence-electron chi connectivity index (χ0n) is 16.9. The predicted molar refractivity (Wildman–Crippen MR) is 122 cm³/mol. The molecule has 0 aliphatic rings. The molecule has 0 aliphatic carbocycles. The summed E-state index contributed by atoms with van der Waals surface area (Å²) in [6.07, 6.45) is 0.577. The van der Waals surface area contributed by atoms with Crippen molar-refractivity contribution in [1.29, 1.82) is 0 Å². The smallest absolute Gasteiger partial charge is 0.230 e. The molecule has 1 N–H and O–H groups in total. The first kappa shape index (κ1) is 21.3. The Bertz CT molecular complexity index is 1130. The molecule has 0 radical (unpaired) electrons. The summed E-state index contributed by atoms with van der Waals surface area (Å²) in [6.45, 7) is 1.97. The lowest BCUT2D eigenvalue weighted by Crippen LogP contribution is -2.27. The SMILES string of the molecule is C[C@@H](NC(=O)CSc1nnc(Cc2ccccc2)n1-c1ccc(F)cc1)c1cccs1. The molecule has 1 amide bonds. The molecule has 0 aliphatic heterocycles. The third-order valence-electron chi connectivity index (χ3n) is 4.67. The van der Waals surface area contributed by atoms with Crippen LogP contribution >= 0.6 is 23.1 Å². The van der Waals surface area contributed by atoms with Crippen LogP contribution in [-0.2, 0) is 11.2 Å². The Morgan fingerprint density at radius 2 is 1.87 bits per heavy atom. The van der Waals surface area contributed by atoms with Crippen molar-refractivity contribution in [3.63, 3.8) is 0 Å². The van der Waals surface area contributed by atoms with Crippen LogP contribution in [-0.4, -0.2) is 26.4 Å². The highest BCUT2D eigenvalue weighted by molar-refractivity contribution is 7.99. The van der Waals surface area contributed by atoms with E-state index in [1.54, 1.807) is 23.5 Å². The average molecular weight is 453 g/mol. The third kappa shape index (κ3) is 5.39. The molecule has 0 saturated heterocycles. The first-order chi connectivity index (χ1) is 15.1. The molecule has 158 valence electrons. The van der Waals surface area contributed by atoms with Crippen molar-refractivity contribution in [2.45, 2.75) is 24.5 Å². The summed E-state index contributed by atoms with van der Waals surface area (Å²) in [4.78, 5) is 13.6. The van der Waals surface area contributed by atoms with Crippen LogP contribution in [0.2, 0.25) is 0 Å². The maximum Gasteiger partial charge on any atom is 0.230 e. The highest BCUT2D eigenvalue weighted by Gasteiger charge is 2.17. The number of aromatic nitrogens is 3. The second-order valence-electron chi connectivity index (χ2n) is 6.97. The standard InChI is InChI=1S/C23H21FN4OS2/c1-16(20-8-5-13-30-20)25-22(29)15-31-23-27-26-21(14-17-6-3-2-4-7-17)28(23)19-11-9-18(24)10-12-19/h2-13,16H,14-15H2,1H3,(H,25,29)/t16-/m1/s1. The fourth-order valence-electron chi connectivity index (χ4n) is 3.16. The minimum absolute atomic E-state index is 0.0447.